The van der Waals surface area contributed by atoms with Gasteiger partial charge in [0.15, 0.2) is 0 Å². The number of aromatic nitrogens is 1. The molecule has 0 spiro atoms. The van der Waals surface area contributed by atoms with Crippen LogP contribution in [0.1, 0.15) is 26.7 Å². The molecule has 1 aromatic heterocycles. The zero-order valence-electron chi connectivity index (χ0n) is 10.6. The third-order valence-corrected chi connectivity index (χ3v) is 5.14. The molecule has 0 aromatic carbocycles. The molecule has 5 nitrogen and oxygen atoms in total. The molecule has 1 aliphatic rings. The summed E-state index contributed by atoms with van der Waals surface area (Å²) in [5, 5.41) is 0. The average Bonchev–Trinajstić information content (AvgIpc) is 2.28. The molecule has 100 valence electrons. The van der Waals surface area contributed by atoms with E-state index in [1.807, 2.05) is 13.8 Å². The number of hydrogen-bond donors (Lipinski definition) is 1. The van der Waals surface area contributed by atoms with Crippen molar-refractivity contribution in [2.24, 2.45) is 5.41 Å². The number of piperidine rings is 1. The van der Waals surface area contributed by atoms with Gasteiger partial charge in [0, 0.05) is 31.5 Å². The lowest BCUT2D eigenvalue weighted by Crippen LogP contribution is -2.44. The van der Waals surface area contributed by atoms with Crippen molar-refractivity contribution >= 4 is 10.0 Å². The number of aromatic amines is 1. The van der Waals surface area contributed by atoms with Gasteiger partial charge in [-0.1, -0.05) is 13.8 Å². The Morgan fingerprint density at radius 3 is 2.72 bits per heavy atom. The minimum Gasteiger partial charge on any atom is -0.366 e. The largest absolute Gasteiger partial charge is 0.366 e. The van der Waals surface area contributed by atoms with Gasteiger partial charge in [-0.3, -0.25) is 4.79 Å². The number of nitrogens with zero attached hydrogens (tertiary/aromatic N) is 1. The van der Waals surface area contributed by atoms with E-state index < -0.39 is 15.5 Å². The fraction of sp³-hybridized carbons (Fsp3) is 0.583. The molecule has 2 heterocycles. The van der Waals surface area contributed by atoms with E-state index in [1.54, 1.807) is 0 Å². The van der Waals surface area contributed by atoms with Gasteiger partial charge < -0.3 is 4.98 Å². The first-order valence-corrected chi connectivity index (χ1v) is 7.44. The van der Waals surface area contributed by atoms with Gasteiger partial charge >= 0.3 is 0 Å². The second kappa shape index (κ2) is 4.51. The highest BCUT2D eigenvalue weighted by Gasteiger charge is 2.35. The van der Waals surface area contributed by atoms with Crippen LogP contribution >= 0.6 is 0 Å². The molecule has 0 amide bonds. The van der Waals surface area contributed by atoms with Crippen LogP contribution in [-0.2, 0) is 10.0 Å². The van der Waals surface area contributed by atoms with E-state index in [4.69, 9.17) is 0 Å². The van der Waals surface area contributed by atoms with Gasteiger partial charge in [-0.05, 0) is 18.3 Å². The average molecular weight is 270 g/mol. The summed E-state index contributed by atoms with van der Waals surface area (Å²) in [6.45, 7) is 5.04. The smallest absolute Gasteiger partial charge is 0.248 e. The number of hydrogen-bond acceptors (Lipinski definition) is 3. The van der Waals surface area contributed by atoms with Gasteiger partial charge in [0.25, 0.3) is 0 Å². The molecule has 1 fully saturated rings. The topological polar surface area (TPSA) is 70.2 Å². The number of rotatable bonds is 2. The van der Waals surface area contributed by atoms with Crippen molar-refractivity contribution < 1.29 is 8.42 Å². The van der Waals surface area contributed by atoms with E-state index in [2.05, 4.69) is 4.98 Å². The van der Waals surface area contributed by atoms with Crippen LogP contribution in [0.25, 0.3) is 0 Å². The molecular weight excluding hydrogens is 252 g/mol. The van der Waals surface area contributed by atoms with Crippen molar-refractivity contribution in [1.29, 1.82) is 0 Å². The molecule has 1 aliphatic heterocycles. The molecule has 1 aromatic rings. The predicted octanol–water partition coefficient (Wildman–Crippen LogP) is 1.19. The van der Waals surface area contributed by atoms with Crippen molar-refractivity contribution in [3.63, 3.8) is 0 Å². The fourth-order valence-electron chi connectivity index (χ4n) is 2.32. The van der Waals surface area contributed by atoms with Gasteiger partial charge in [0.2, 0.25) is 15.5 Å². The Hall–Kier alpha value is -1.14. The normalized spacial score (nSPS) is 20.8. The lowest BCUT2D eigenvalue weighted by Gasteiger charge is -2.36. The molecule has 0 unspecified atom stereocenters. The SMILES string of the molecule is CC1(C)CCCN(S(=O)(=O)c2c[nH]ccc2=O)C1. The fourth-order valence-corrected chi connectivity index (χ4v) is 4.02. The highest BCUT2D eigenvalue weighted by molar-refractivity contribution is 7.89. The number of H-pyrrole nitrogens is 1. The van der Waals surface area contributed by atoms with E-state index in [1.165, 1.54) is 22.8 Å². The Kier molecular flexibility index (Phi) is 3.33. The molecule has 0 bridgehead atoms. The molecular formula is C12H18N2O3S. The van der Waals surface area contributed by atoms with Crippen molar-refractivity contribution in [3.8, 4) is 0 Å². The minimum atomic E-state index is -3.67. The van der Waals surface area contributed by atoms with Gasteiger partial charge in [-0.25, -0.2) is 8.42 Å². The lowest BCUT2D eigenvalue weighted by molar-refractivity contribution is 0.187. The summed E-state index contributed by atoms with van der Waals surface area (Å²) in [7, 11) is -3.67. The Morgan fingerprint density at radius 1 is 1.39 bits per heavy atom. The summed E-state index contributed by atoms with van der Waals surface area (Å²) in [5.74, 6) is 0. The third kappa shape index (κ3) is 2.49. The van der Waals surface area contributed by atoms with Crippen LogP contribution in [0, 0.1) is 5.41 Å². The molecule has 1 N–H and O–H groups in total. The van der Waals surface area contributed by atoms with Crippen molar-refractivity contribution in [2.45, 2.75) is 31.6 Å². The Balaban J connectivity index is 2.38. The quantitative estimate of drug-likeness (QED) is 0.877. The van der Waals surface area contributed by atoms with Gasteiger partial charge in [-0.15, -0.1) is 0 Å². The summed E-state index contributed by atoms with van der Waals surface area (Å²) >= 11 is 0. The second-order valence-electron chi connectivity index (χ2n) is 5.48. The minimum absolute atomic E-state index is 0.0349. The van der Waals surface area contributed by atoms with E-state index in [0.29, 0.717) is 13.1 Å². The first-order chi connectivity index (χ1) is 8.33. The summed E-state index contributed by atoms with van der Waals surface area (Å²) in [4.78, 5) is 14.1. The molecule has 1 saturated heterocycles. The van der Waals surface area contributed by atoms with Crippen molar-refractivity contribution in [1.82, 2.24) is 9.29 Å². The van der Waals surface area contributed by atoms with Gasteiger partial charge in [0.05, 0.1) is 0 Å². The Labute approximate surface area is 107 Å². The van der Waals surface area contributed by atoms with Crippen LogP contribution < -0.4 is 5.43 Å². The first kappa shape index (κ1) is 13.3. The predicted molar refractivity (Wildman–Crippen MR) is 68.8 cm³/mol. The highest BCUT2D eigenvalue weighted by Crippen LogP contribution is 2.30. The maximum absolute atomic E-state index is 12.4. The molecule has 0 saturated carbocycles. The van der Waals surface area contributed by atoms with Crippen LogP contribution in [0.5, 0.6) is 0 Å². The van der Waals surface area contributed by atoms with Crippen LogP contribution in [0.15, 0.2) is 28.2 Å². The van der Waals surface area contributed by atoms with E-state index in [-0.39, 0.29) is 10.3 Å². The van der Waals surface area contributed by atoms with Gasteiger partial charge in [0.1, 0.15) is 4.90 Å². The van der Waals surface area contributed by atoms with Crippen molar-refractivity contribution in [2.75, 3.05) is 13.1 Å². The third-order valence-electron chi connectivity index (χ3n) is 3.27. The molecule has 2 rings (SSSR count). The molecule has 0 atom stereocenters. The maximum Gasteiger partial charge on any atom is 0.248 e. The summed E-state index contributed by atoms with van der Waals surface area (Å²) in [5.41, 5.74) is -0.496. The zero-order valence-corrected chi connectivity index (χ0v) is 11.5. The number of nitrogens with one attached hydrogen (secondary N) is 1. The molecule has 0 radical (unpaired) electrons. The van der Waals surface area contributed by atoms with E-state index in [9.17, 15) is 13.2 Å². The maximum atomic E-state index is 12.4. The van der Waals surface area contributed by atoms with Crippen molar-refractivity contribution in [3.05, 3.63) is 28.7 Å². The van der Waals surface area contributed by atoms with E-state index >= 15 is 0 Å². The Morgan fingerprint density at radius 2 is 2.11 bits per heavy atom. The molecule has 18 heavy (non-hydrogen) atoms. The highest BCUT2D eigenvalue weighted by atomic mass is 32.2. The molecule has 6 heteroatoms. The monoisotopic (exact) mass is 270 g/mol. The molecule has 0 aliphatic carbocycles. The summed E-state index contributed by atoms with van der Waals surface area (Å²) in [6, 6.07) is 1.24. The summed E-state index contributed by atoms with van der Waals surface area (Å²) < 4.78 is 26.2. The lowest BCUT2D eigenvalue weighted by atomic mass is 9.85. The standard InChI is InChI=1S/C12H18N2O3S/c1-12(2)5-3-7-14(9-12)18(16,17)11-8-13-6-4-10(11)15/h4,6,8H,3,5,7,9H2,1-2H3,(H,13,15). The number of sulfonamides is 1. The Bertz CT molecular complexity index is 589. The number of pyridine rings is 1. The summed E-state index contributed by atoms with van der Waals surface area (Å²) in [6.07, 6.45) is 4.53. The first-order valence-electron chi connectivity index (χ1n) is 6.00. The van der Waals surface area contributed by atoms with Crippen LogP contribution in [-0.4, -0.2) is 30.8 Å². The van der Waals surface area contributed by atoms with E-state index in [0.717, 1.165) is 12.8 Å². The second-order valence-corrected chi connectivity index (χ2v) is 7.39. The van der Waals surface area contributed by atoms with Crippen LogP contribution in [0.2, 0.25) is 0 Å². The van der Waals surface area contributed by atoms with Crippen LogP contribution in [0.3, 0.4) is 0 Å². The zero-order chi connectivity index (χ0) is 13.4. The van der Waals surface area contributed by atoms with Gasteiger partial charge in [-0.2, -0.15) is 4.31 Å². The van der Waals surface area contributed by atoms with Crippen LogP contribution in [0.4, 0.5) is 0 Å².